The molecular weight excluding hydrogens is 338 g/mol. The lowest BCUT2D eigenvalue weighted by Crippen LogP contribution is -3.14. The van der Waals surface area contributed by atoms with Crippen molar-refractivity contribution in [3.05, 3.63) is 24.3 Å². The lowest BCUT2D eigenvalue weighted by molar-refractivity contribution is -0.900. The van der Waals surface area contributed by atoms with E-state index in [2.05, 4.69) is 12.2 Å². The molecule has 6 nitrogen and oxygen atoms in total. The molecule has 2 aliphatic rings. The van der Waals surface area contributed by atoms with Crippen LogP contribution in [0.1, 0.15) is 32.6 Å². The van der Waals surface area contributed by atoms with Crippen molar-refractivity contribution in [2.24, 2.45) is 5.92 Å². The summed E-state index contributed by atoms with van der Waals surface area (Å²) in [6.07, 6.45) is 4.26. The molecule has 25 heavy (non-hydrogen) atoms. The highest BCUT2D eigenvalue weighted by molar-refractivity contribution is 7.89. The Labute approximate surface area is 150 Å². The Hall–Kier alpha value is -1.44. The number of hydrogen-bond donors (Lipinski definition) is 2. The molecule has 0 aliphatic carbocycles. The topological polar surface area (TPSA) is 70.9 Å². The molecule has 2 heterocycles. The average Bonchev–Trinajstić information content (AvgIpc) is 3.10. The van der Waals surface area contributed by atoms with Crippen LogP contribution in [0.5, 0.6) is 0 Å². The molecule has 0 radical (unpaired) electrons. The Morgan fingerprint density at radius 1 is 1.20 bits per heavy atom. The predicted octanol–water partition coefficient (Wildman–Crippen LogP) is 0.724. The maximum atomic E-state index is 12.5. The lowest BCUT2D eigenvalue weighted by Gasteiger charge is -2.27. The Morgan fingerprint density at radius 2 is 1.88 bits per heavy atom. The van der Waals surface area contributed by atoms with Crippen LogP contribution in [0.2, 0.25) is 0 Å². The zero-order chi connectivity index (χ0) is 17.9. The van der Waals surface area contributed by atoms with Crippen LogP contribution in [-0.4, -0.2) is 51.4 Å². The number of carbonyl (C=O) groups is 1. The molecule has 2 atom stereocenters. The van der Waals surface area contributed by atoms with Crippen molar-refractivity contribution < 1.29 is 18.1 Å². The SMILES string of the molecule is C[C@@H]1CCC[NH+](CC(=O)Nc2ccc(S(=O)(=O)N3CCCC3)cc2)C1. The molecular formula is C18H28N3O3S+. The first-order valence-electron chi connectivity index (χ1n) is 9.19. The van der Waals surface area contributed by atoms with Gasteiger partial charge in [0.1, 0.15) is 0 Å². The van der Waals surface area contributed by atoms with Crippen molar-refractivity contribution in [1.82, 2.24) is 4.31 Å². The smallest absolute Gasteiger partial charge is 0.279 e. The molecule has 138 valence electrons. The minimum atomic E-state index is -3.40. The van der Waals surface area contributed by atoms with Crippen molar-refractivity contribution in [2.45, 2.75) is 37.5 Å². The maximum Gasteiger partial charge on any atom is 0.279 e. The second kappa shape index (κ2) is 7.85. The van der Waals surface area contributed by atoms with E-state index in [1.54, 1.807) is 24.3 Å². The van der Waals surface area contributed by atoms with E-state index in [0.717, 1.165) is 25.9 Å². The molecule has 2 fully saturated rings. The summed E-state index contributed by atoms with van der Waals surface area (Å²) >= 11 is 0. The highest BCUT2D eigenvalue weighted by Gasteiger charge is 2.27. The second-order valence-corrected chi connectivity index (χ2v) is 9.25. The number of rotatable bonds is 5. The standard InChI is InChI=1S/C18H27N3O3S/c1-15-5-4-10-20(13-15)14-18(22)19-16-6-8-17(9-7-16)25(23,24)21-11-2-3-12-21/h6-9,15H,2-5,10-14H2,1H3,(H,19,22)/p+1/t15-/m1/s1. The van der Waals surface area contributed by atoms with Crippen LogP contribution in [0.15, 0.2) is 29.2 Å². The third-order valence-electron chi connectivity index (χ3n) is 5.12. The summed E-state index contributed by atoms with van der Waals surface area (Å²) in [5.74, 6) is 0.658. The fourth-order valence-electron chi connectivity index (χ4n) is 3.78. The van der Waals surface area contributed by atoms with Gasteiger partial charge in [-0.2, -0.15) is 4.31 Å². The summed E-state index contributed by atoms with van der Waals surface area (Å²) < 4.78 is 26.5. The highest BCUT2D eigenvalue weighted by Crippen LogP contribution is 2.22. The Balaban J connectivity index is 1.58. The van der Waals surface area contributed by atoms with E-state index in [1.807, 2.05) is 0 Å². The number of amides is 1. The molecule has 1 amide bonds. The molecule has 0 aromatic heterocycles. The molecule has 3 rings (SSSR count). The van der Waals surface area contributed by atoms with Crippen LogP contribution in [-0.2, 0) is 14.8 Å². The van der Waals surface area contributed by atoms with Gasteiger partial charge in [-0.25, -0.2) is 8.42 Å². The minimum absolute atomic E-state index is 0.0146. The van der Waals surface area contributed by atoms with Gasteiger partial charge in [0.15, 0.2) is 6.54 Å². The van der Waals surface area contributed by atoms with Crippen LogP contribution in [0.4, 0.5) is 5.69 Å². The Kier molecular flexibility index (Phi) is 5.76. The van der Waals surface area contributed by atoms with E-state index in [-0.39, 0.29) is 5.91 Å². The van der Waals surface area contributed by atoms with Crippen molar-refractivity contribution >= 4 is 21.6 Å². The van der Waals surface area contributed by atoms with Crippen molar-refractivity contribution in [1.29, 1.82) is 0 Å². The lowest BCUT2D eigenvalue weighted by atomic mass is 10.0. The second-order valence-electron chi connectivity index (χ2n) is 7.31. The average molecular weight is 367 g/mol. The first-order valence-corrected chi connectivity index (χ1v) is 10.6. The van der Waals surface area contributed by atoms with Crippen LogP contribution in [0.25, 0.3) is 0 Å². The van der Waals surface area contributed by atoms with E-state index < -0.39 is 10.0 Å². The number of quaternary nitrogens is 1. The van der Waals surface area contributed by atoms with Gasteiger partial charge < -0.3 is 10.2 Å². The van der Waals surface area contributed by atoms with Gasteiger partial charge in [0.2, 0.25) is 10.0 Å². The summed E-state index contributed by atoms with van der Waals surface area (Å²) in [6, 6.07) is 6.52. The zero-order valence-electron chi connectivity index (χ0n) is 14.8. The number of likely N-dealkylation sites (tertiary alicyclic amines) is 1. The number of carbonyl (C=O) groups excluding carboxylic acids is 1. The van der Waals surface area contributed by atoms with Gasteiger partial charge in [0.25, 0.3) is 5.91 Å². The van der Waals surface area contributed by atoms with Crippen LogP contribution < -0.4 is 10.2 Å². The molecule has 0 saturated carbocycles. The van der Waals surface area contributed by atoms with Gasteiger partial charge in [0.05, 0.1) is 18.0 Å². The summed E-state index contributed by atoms with van der Waals surface area (Å²) in [5, 5.41) is 2.88. The maximum absolute atomic E-state index is 12.5. The first-order chi connectivity index (χ1) is 11.9. The number of piperidine rings is 1. The molecule has 0 bridgehead atoms. The molecule has 2 N–H and O–H groups in total. The number of anilines is 1. The number of benzene rings is 1. The fraction of sp³-hybridized carbons (Fsp3) is 0.611. The molecule has 2 aliphatic heterocycles. The third-order valence-corrected chi connectivity index (χ3v) is 7.03. The monoisotopic (exact) mass is 366 g/mol. The van der Waals surface area contributed by atoms with Crippen LogP contribution >= 0.6 is 0 Å². The summed E-state index contributed by atoms with van der Waals surface area (Å²) in [6.45, 7) is 5.98. The molecule has 7 heteroatoms. The van der Waals surface area contributed by atoms with E-state index >= 15 is 0 Å². The predicted molar refractivity (Wildman–Crippen MR) is 97.0 cm³/mol. The fourth-order valence-corrected chi connectivity index (χ4v) is 5.30. The summed E-state index contributed by atoms with van der Waals surface area (Å²) in [4.78, 5) is 13.8. The molecule has 1 aromatic rings. The van der Waals surface area contributed by atoms with Gasteiger partial charge in [-0.15, -0.1) is 0 Å². The van der Waals surface area contributed by atoms with Crippen molar-refractivity contribution in [2.75, 3.05) is 38.0 Å². The molecule has 2 saturated heterocycles. The van der Waals surface area contributed by atoms with Gasteiger partial charge in [-0.3, -0.25) is 4.79 Å². The van der Waals surface area contributed by atoms with Crippen LogP contribution in [0, 0.1) is 5.92 Å². The number of sulfonamides is 1. The van der Waals surface area contributed by atoms with Gasteiger partial charge in [-0.05, 0) is 49.9 Å². The normalized spacial score (nSPS) is 25.0. The quantitative estimate of drug-likeness (QED) is 0.807. The number of nitrogens with one attached hydrogen (secondary N) is 2. The van der Waals surface area contributed by atoms with E-state index in [4.69, 9.17) is 0 Å². The molecule has 1 unspecified atom stereocenters. The van der Waals surface area contributed by atoms with Gasteiger partial charge in [-0.1, -0.05) is 6.92 Å². The molecule has 1 aromatic carbocycles. The number of hydrogen-bond acceptors (Lipinski definition) is 3. The third kappa shape index (κ3) is 4.59. The first kappa shape index (κ1) is 18.4. The Morgan fingerprint density at radius 3 is 2.52 bits per heavy atom. The zero-order valence-corrected chi connectivity index (χ0v) is 15.6. The van der Waals surface area contributed by atoms with Crippen LogP contribution in [0.3, 0.4) is 0 Å². The van der Waals surface area contributed by atoms with Crippen molar-refractivity contribution in [3.63, 3.8) is 0 Å². The van der Waals surface area contributed by atoms with E-state index in [9.17, 15) is 13.2 Å². The highest BCUT2D eigenvalue weighted by atomic mass is 32.2. The number of nitrogens with zero attached hydrogens (tertiary/aromatic N) is 1. The van der Waals surface area contributed by atoms with E-state index in [1.165, 1.54) is 22.0 Å². The van der Waals surface area contributed by atoms with Gasteiger partial charge >= 0.3 is 0 Å². The minimum Gasteiger partial charge on any atom is -0.327 e. The van der Waals surface area contributed by atoms with E-state index in [0.29, 0.717) is 36.1 Å². The van der Waals surface area contributed by atoms with Gasteiger partial charge in [0, 0.05) is 24.7 Å². The largest absolute Gasteiger partial charge is 0.327 e. The molecule has 0 spiro atoms. The summed E-state index contributed by atoms with van der Waals surface area (Å²) in [7, 11) is -3.40. The van der Waals surface area contributed by atoms with Crippen molar-refractivity contribution in [3.8, 4) is 0 Å². The Bertz CT molecular complexity index is 697. The summed E-state index contributed by atoms with van der Waals surface area (Å²) in [5.41, 5.74) is 0.648.